The van der Waals surface area contributed by atoms with Gasteiger partial charge in [-0.3, -0.25) is 9.48 Å². The van der Waals surface area contributed by atoms with Crippen molar-refractivity contribution in [2.24, 2.45) is 5.41 Å². The maximum Gasteiger partial charge on any atom is 0.267 e. The number of Topliss-reactive ketones (excluding diaryl/α,β-unsaturated/α-hetero) is 1. The molecule has 1 N–H and O–H groups in total. The highest BCUT2D eigenvalue weighted by Gasteiger charge is 2.52. The molecule has 130 valence electrons. The van der Waals surface area contributed by atoms with E-state index in [-0.39, 0.29) is 13.0 Å². The summed E-state index contributed by atoms with van der Waals surface area (Å²) in [5, 5.41) is 14.5. The number of rotatable bonds is 7. The molecule has 0 radical (unpaired) electrons. The van der Waals surface area contributed by atoms with Gasteiger partial charge in [0.25, 0.3) is 6.43 Å². The molecule has 1 aromatic carbocycles. The number of carbonyl (C=O) groups excluding carboxylic acids is 1. The Kier molecular flexibility index (Phi) is 5.18. The second kappa shape index (κ2) is 6.81. The SMILES string of the molecule is CC(=O)C(C)(CCn1ccc(-c2ccccc2)n1)C(C)(O)C(F)F. The second-order valence-electron chi connectivity index (χ2n) is 6.42. The summed E-state index contributed by atoms with van der Waals surface area (Å²) in [7, 11) is 0. The topological polar surface area (TPSA) is 55.1 Å². The Morgan fingerprint density at radius 2 is 1.88 bits per heavy atom. The van der Waals surface area contributed by atoms with E-state index in [9.17, 15) is 18.7 Å². The van der Waals surface area contributed by atoms with Gasteiger partial charge in [-0.25, -0.2) is 8.78 Å². The molecule has 0 spiro atoms. The number of hydrogen-bond donors (Lipinski definition) is 1. The second-order valence-corrected chi connectivity index (χ2v) is 6.42. The van der Waals surface area contributed by atoms with Crippen LogP contribution in [0.4, 0.5) is 8.78 Å². The smallest absolute Gasteiger partial charge is 0.267 e. The Morgan fingerprint density at radius 3 is 2.42 bits per heavy atom. The number of hydrogen-bond acceptors (Lipinski definition) is 3. The monoisotopic (exact) mass is 336 g/mol. The summed E-state index contributed by atoms with van der Waals surface area (Å²) in [6, 6.07) is 11.4. The number of aromatic nitrogens is 2. The number of carbonyl (C=O) groups is 1. The number of ketones is 1. The summed E-state index contributed by atoms with van der Waals surface area (Å²) < 4.78 is 28.0. The molecule has 6 heteroatoms. The van der Waals surface area contributed by atoms with E-state index >= 15 is 0 Å². The number of aryl methyl sites for hydroxylation is 1. The molecule has 2 unspecified atom stereocenters. The van der Waals surface area contributed by atoms with Crippen molar-refractivity contribution in [2.45, 2.75) is 45.8 Å². The molecule has 24 heavy (non-hydrogen) atoms. The largest absolute Gasteiger partial charge is 0.383 e. The van der Waals surface area contributed by atoms with Gasteiger partial charge in [0.1, 0.15) is 11.4 Å². The van der Waals surface area contributed by atoms with Gasteiger partial charge in [0, 0.05) is 18.3 Å². The fourth-order valence-corrected chi connectivity index (χ4v) is 2.61. The third kappa shape index (κ3) is 3.38. The zero-order valence-electron chi connectivity index (χ0n) is 14.0. The van der Waals surface area contributed by atoms with Crippen LogP contribution in [0.3, 0.4) is 0 Å². The number of nitrogens with zero attached hydrogens (tertiary/aromatic N) is 2. The lowest BCUT2D eigenvalue weighted by atomic mass is 9.69. The molecule has 0 saturated carbocycles. The van der Waals surface area contributed by atoms with E-state index in [1.54, 1.807) is 10.9 Å². The zero-order valence-corrected chi connectivity index (χ0v) is 14.0. The molecule has 0 aliphatic rings. The quantitative estimate of drug-likeness (QED) is 0.841. The van der Waals surface area contributed by atoms with Crippen LogP contribution >= 0.6 is 0 Å². The summed E-state index contributed by atoms with van der Waals surface area (Å²) in [4.78, 5) is 11.9. The van der Waals surface area contributed by atoms with E-state index in [0.29, 0.717) is 0 Å². The van der Waals surface area contributed by atoms with Gasteiger partial charge < -0.3 is 5.11 Å². The summed E-state index contributed by atoms with van der Waals surface area (Å²) >= 11 is 0. The molecule has 0 aliphatic carbocycles. The van der Waals surface area contributed by atoms with Crippen molar-refractivity contribution < 1.29 is 18.7 Å². The molecule has 1 heterocycles. The molecule has 0 aliphatic heterocycles. The molecule has 4 nitrogen and oxygen atoms in total. The predicted octanol–water partition coefficient (Wildman–Crippen LogP) is 3.55. The highest BCUT2D eigenvalue weighted by Crippen LogP contribution is 2.40. The molecule has 0 amide bonds. The first-order valence-electron chi connectivity index (χ1n) is 7.79. The van der Waals surface area contributed by atoms with Gasteiger partial charge >= 0.3 is 0 Å². The van der Waals surface area contributed by atoms with Crippen molar-refractivity contribution in [3.05, 3.63) is 42.6 Å². The standard InChI is InChI=1S/C18H22F2N2O2/c1-13(23)17(2,18(3,24)16(19)20)10-12-22-11-9-15(21-22)14-7-5-4-6-8-14/h4-9,11,16,24H,10,12H2,1-3H3. The minimum Gasteiger partial charge on any atom is -0.383 e. The van der Waals surface area contributed by atoms with Gasteiger partial charge in [-0.05, 0) is 33.3 Å². The normalized spacial score (nSPS) is 16.6. The van der Waals surface area contributed by atoms with Crippen molar-refractivity contribution in [1.82, 2.24) is 9.78 Å². The van der Waals surface area contributed by atoms with Crippen molar-refractivity contribution in [3.8, 4) is 11.3 Å². The van der Waals surface area contributed by atoms with E-state index in [2.05, 4.69) is 5.10 Å². The molecule has 1 aromatic heterocycles. The predicted molar refractivity (Wildman–Crippen MR) is 87.7 cm³/mol. The molecular formula is C18H22F2N2O2. The van der Waals surface area contributed by atoms with Crippen LogP contribution in [0.15, 0.2) is 42.6 Å². The Bertz CT molecular complexity index is 698. The van der Waals surface area contributed by atoms with Crippen LogP contribution in [-0.4, -0.2) is 32.7 Å². The molecule has 2 atom stereocenters. The van der Waals surface area contributed by atoms with Crippen molar-refractivity contribution in [1.29, 1.82) is 0 Å². The number of benzene rings is 1. The van der Waals surface area contributed by atoms with Crippen molar-refractivity contribution >= 4 is 5.78 Å². The fraction of sp³-hybridized carbons (Fsp3) is 0.444. The minimum absolute atomic E-state index is 0.0651. The third-order valence-electron chi connectivity index (χ3n) is 4.87. The lowest BCUT2D eigenvalue weighted by molar-refractivity contribution is -0.174. The molecule has 0 saturated heterocycles. The van der Waals surface area contributed by atoms with E-state index in [0.717, 1.165) is 18.2 Å². The maximum atomic E-state index is 13.2. The van der Waals surface area contributed by atoms with Crippen LogP contribution in [0, 0.1) is 5.41 Å². The van der Waals surface area contributed by atoms with E-state index in [1.165, 1.54) is 13.8 Å². The van der Waals surface area contributed by atoms with Crippen molar-refractivity contribution in [2.75, 3.05) is 0 Å². The fourth-order valence-electron chi connectivity index (χ4n) is 2.61. The first-order chi connectivity index (χ1) is 11.2. The molecule has 2 rings (SSSR count). The van der Waals surface area contributed by atoms with Gasteiger partial charge in [0.15, 0.2) is 0 Å². The Morgan fingerprint density at radius 1 is 1.25 bits per heavy atom. The van der Waals surface area contributed by atoms with Crippen LogP contribution in [-0.2, 0) is 11.3 Å². The Labute approximate surface area is 140 Å². The first kappa shape index (κ1) is 18.3. The summed E-state index contributed by atoms with van der Waals surface area (Å²) in [5.41, 5.74) is -2.24. The Hall–Kier alpha value is -2.08. The first-order valence-corrected chi connectivity index (χ1v) is 7.79. The van der Waals surface area contributed by atoms with Crippen LogP contribution in [0.1, 0.15) is 27.2 Å². The molecule has 0 fully saturated rings. The summed E-state index contributed by atoms with van der Waals surface area (Å²) in [6.07, 6.45) is -1.21. The van der Waals surface area contributed by atoms with Crippen molar-refractivity contribution in [3.63, 3.8) is 0 Å². The van der Waals surface area contributed by atoms with E-state index < -0.39 is 23.2 Å². The lowest BCUT2D eigenvalue weighted by Crippen LogP contribution is -2.53. The number of aliphatic hydroxyl groups is 1. The number of alkyl halides is 2. The van der Waals surface area contributed by atoms with E-state index in [4.69, 9.17) is 0 Å². The number of halogens is 2. The average molecular weight is 336 g/mol. The van der Waals surface area contributed by atoms with Crippen LogP contribution < -0.4 is 0 Å². The highest BCUT2D eigenvalue weighted by molar-refractivity contribution is 5.83. The van der Waals surface area contributed by atoms with Gasteiger partial charge in [-0.1, -0.05) is 30.3 Å². The molecule has 0 bridgehead atoms. The van der Waals surface area contributed by atoms with Gasteiger partial charge in [0.2, 0.25) is 0 Å². The summed E-state index contributed by atoms with van der Waals surface area (Å²) in [6.45, 7) is 3.88. The lowest BCUT2D eigenvalue weighted by Gasteiger charge is -2.40. The van der Waals surface area contributed by atoms with Crippen LogP contribution in [0.25, 0.3) is 11.3 Å². The Balaban J connectivity index is 2.17. The third-order valence-corrected chi connectivity index (χ3v) is 4.87. The maximum absolute atomic E-state index is 13.2. The molecular weight excluding hydrogens is 314 g/mol. The average Bonchev–Trinajstić information content (AvgIpc) is 3.01. The van der Waals surface area contributed by atoms with Gasteiger partial charge in [0.05, 0.1) is 11.1 Å². The minimum atomic E-state index is -3.01. The van der Waals surface area contributed by atoms with Gasteiger partial charge in [-0.2, -0.15) is 5.10 Å². The van der Waals surface area contributed by atoms with Crippen LogP contribution in [0.2, 0.25) is 0 Å². The molecule has 2 aromatic rings. The van der Waals surface area contributed by atoms with Gasteiger partial charge in [-0.15, -0.1) is 0 Å². The van der Waals surface area contributed by atoms with E-state index in [1.807, 2.05) is 36.4 Å². The van der Waals surface area contributed by atoms with Crippen LogP contribution in [0.5, 0.6) is 0 Å². The highest BCUT2D eigenvalue weighted by atomic mass is 19.3. The summed E-state index contributed by atoms with van der Waals surface area (Å²) in [5.74, 6) is -0.469. The zero-order chi connectivity index (χ0) is 18.0.